The predicted molar refractivity (Wildman–Crippen MR) is 104 cm³/mol. The van der Waals surface area contributed by atoms with Crippen molar-refractivity contribution in [1.29, 1.82) is 0 Å². The number of benzene rings is 1. The van der Waals surface area contributed by atoms with E-state index in [4.69, 9.17) is 16.3 Å². The number of amides is 1. The minimum atomic E-state index is -4.41. The van der Waals surface area contributed by atoms with Gasteiger partial charge in [0.1, 0.15) is 11.6 Å². The van der Waals surface area contributed by atoms with E-state index in [1.165, 1.54) is 6.07 Å². The number of aromatic nitrogens is 1. The molecule has 9 heteroatoms. The van der Waals surface area contributed by atoms with E-state index in [9.17, 15) is 18.0 Å². The number of piperazine rings is 1. The highest BCUT2D eigenvalue weighted by molar-refractivity contribution is 6.30. The molecule has 0 bridgehead atoms. The molecule has 1 saturated heterocycles. The lowest BCUT2D eigenvalue weighted by atomic mass is 10.1. The van der Waals surface area contributed by atoms with Gasteiger partial charge in [0.15, 0.2) is 5.60 Å². The summed E-state index contributed by atoms with van der Waals surface area (Å²) in [6.07, 6.45) is -3.58. The number of hydrogen-bond donors (Lipinski definition) is 0. The Balaban J connectivity index is 1.59. The van der Waals surface area contributed by atoms with Crippen molar-refractivity contribution in [2.45, 2.75) is 25.6 Å². The highest BCUT2D eigenvalue weighted by atomic mass is 35.5. The average Bonchev–Trinajstić information content (AvgIpc) is 2.68. The van der Waals surface area contributed by atoms with Crippen LogP contribution in [0.3, 0.4) is 0 Å². The fourth-order valence-corrected chi connectivity index (χ4v) is 3.23. The molecule has 2 aromatic rings. The van der Waals surface area contributed by atoms with Crippen molar-refractivity contribution >= 4 is 23.3 Å². The van der Waals surface area contributed by atoms with Gasteiger partial charge < -0.3 is 14.5 Å². The van der Waals surface area contributed by atoms with Crippen LogP contribution in [-0.4, -0.2) is 47.6 Å². The van der Waals surface area contributed by atoms with Crippen molar-refractivity contribution in [2.75, 3.05) is 31.1 Å². The largest absolute Gasteiger partial charge is 0.478 e. The molecule has 1 aliphatic heterocycles. The molecule has 0 unspecified atom stereocenters. The minimum absolute atomic E-state index is 0.160. The molecule has 0 aliphatic carbocycles. The van der Waals surface area contributed by atoms with Crippen molar-refractivity contribution in [2.24, 2.45) is 0 Å². The number of carbonyl (C=O) groups excluding carboxylic acids is 1. The number of hydrogen-bond acceptors (Lipinski definition) is 4. The van der Waals surface area contributed by atoms with E-state index in [0.717, 1.165) is 12.3 Å². The molecule has 1 fully saturated rings. The quantitative estimate of drug-likeness (QED) is 0.731. The standard InChI is InChI=1S/C20H21ClF3N3O2/c1-19(2,29-16-6-4-15(21)5-7-16)18(28)27-11-9-26(10-12-27)17-8-3-14(13-25-17)20(22,23)24/h3-8,13H,9-12H2,1-2H3. The van der Waals surface area contributed by atoms with Gasteiger partial charge in [-0.3, -0.25) is 4.79 Å². The van der Waals surface area contributed by atoms with Gasteiger partial charge in [-0.05, 0) is 50.2 Å². The van der Waals surface area contributed by atoms with Crippen LogP contribution in [0.5, 0.6) is 5.75 Å². The maximum Gasteiger partial charge on any atom is 0.417 e. The molecule has 0 N–H and O–H groups in total. The lowest BCUT2D eigenvalue weighted by Gasteiger charge is -2.39. The van der Waals surface area contributed by atoms with Crippen LogP contribution >= 0.6 is 11.6 Å². The zero-order chi connectivity index (χ0) is 21.2. The topological polar surface area (TPSA) is 45.7 Å². The zero-order valence-corrected chi connectivity index (χ0v) is 16.8. The lowest BCUT2D eigenvalue weighted by molar-refractivity contribution is -0.145. The van der Waals surface area contributed by atoms with E-state index in [1.54, 1.807) is 43.0 Å². The predicted octanol–water partition coefficient (Wildman–Crippen LogP) is 4.26. The molecule has 156 valence electrons. The third-order valence-corrected chi connectivity index (χ3v) is 4.92. The van der Waals surface area contributed by atoms with Gasteiger partial charge in [0.25, 0.3) is 5.91 Å². The smallest absolute Gasteiger partial charge is 0.417 e. The molecule has 1 amide bonds. The van der Waals surface area contributed by atoms with E-state index in [1.807, 2.05) is 4.90 Å². The highest BCUT2D eigenvalue weighted by Crippen LogP contribution is 2.29. The Morgan fingerprint density at radius 3 is 2.17 bits per heavy atom. The second kappa shape index (κ2) is 8.10. The monoisotopic (exact) mass is 427 g/mol. The van der Waals surface area contributed by atoms with Crippen molar-refractivity contribution in [3.63, 3.8) is 0 Å². The molecule has 0 atom stereocenters. The number of alkyl halides is 3. The maximum absolute atomic E-state index is 12.9. The fraction of sp³-hybridized carbons (Fsp3) is 0.400. The summed E-state index contributed by atoms with van der Waals surface area (Å²) in [6.45, 7) is 5.20. The normalized spacial score (nSPS) is 15.4. The second-order valence-corrected chi connectivity index (χ2v) is 7.68. The van der Waals surface area contributed by atoms with Crippen LogP contribution < -0.4 is 9.64 Å². The van der Waals surface area contributed by atoms with Crippen LogP contribution in [0.1, 0.15) is 19.4 Å². The Bertz CT molecular complexity index is 847. The van der Waals surface area contributed by atoms with Gasteiger partial charge in [-0.15, -0.1) is 0 Å². The first kappa shape index (κ1) is 21.2. The highest BCUT2D eigenvalue weighted by Gasteiger charge is 2.36. The van der Waals surface area contributed by atoms with Gasteiger partial charge >= 0.3 is 6.18 Å². The number of nitrogens with zero attached hydrogens (tertiary/aromatic N) is 3. The molecule has 29 heavy (non-hydrogen) atoms. The molecule has 3 rings (SSSR count). The molecular weight excluding hydrogens is 407 g/mol. The van der Waals surface area contributed by atoms with Crippen LogP contribution in [0.4, 0.5) is 19.0 Å². The number of halogens is 4. The van der Waals surface area contributed by atoms with Crippen LogP contribution in [-0.2, 0) is 11.0 Å². The summed E-state index contributed by atoms with van der Waals surface area (Å²) in [4.78, 5) is 20.4. The van der Waals surface area contributed by atoms with Gasteiger partial charge in [0, 0.05) is 37.4 Å². The van der Waals surface area contributed by atoms with Crippen molar-refractivity contribution in [3.8, 4) is 5.75 Å². The first-order chi connectivity index (χ1) is 13.6. The first-order valence-corrected chi connectivity index (χ1v) is 9.46. The summed E-state index contributed by atoms with van der Waals surface area (Å²) in [6, 6.07) is 9.15. The molecule has 5 nitrogen and oxygen atoms in total. The van der Waals surface area contributed by atoms with Gasteiger partial charge in [-0.2, -0.15) is 13.2 Å². The summed E-state index contributed by atoms with van der Waals surface area (Å²) in [5.74, 6) is 0.842. The van der Waals surface area contributed by atoms with Gasteiger partial charge in [-0.1, -0.05) is 11.6 Å². The van der Waals surface area contributed by atoms with Gasteiger partial charge in [0.2, 0.25) is 0 Å². The van der Waals surface area contributed by atoms with Crippen molar-refractivity contribution in [3.05, 3.63) is 53.2 Å². The number of rotatable bonds is 4. The Kier molecular flexibility index (Phi) is 5.93. The van der Waals surface area contributed by atoms with Crippen LogP contribution in [0, 0.1) is 0 Å². The van der Waals surface area contributed by atoms with Gasteiger partial charge in [-0.25, -0.2) is 4.98 Å². The van der Waals surface area contributed by atoms with E-state index >= 15 is 0 Å². The third kappa shape index (κ3) is 5.12. The Morgan fingerprint density at radius 1 is 1.03 bits per heavy atom. The van der Waals surface area contributed by atoms with E-state index in [2.05, 4.69) is 4.98 Å². The molecular formula is C20H21ClF3N3O2. The lowest BCUT2D eigenvalue weighted by Crippen LogP contribution is -2.56. The van der Waals surface area contributed by atoms with Crippen LogP contribution in [0.25, 0.3) is 0 Å². The Morgan fingerprint density at radius 2 is 1.66 bits per heavy atom. The summed E-state index contributed by atoms with van der Waals surface area (Å²) in [5, 5.41) is 0.578. The number of anilines is 1. The zero-order valence-electron chi connectivity index (χ0n) is 16.0. The summed E-state index contributed by atoms with van der Waals surface area (Å²) in [5.41, 5.74) is -1.85. The molecule has 0 radical (unpaired) electrons. The van der Waals surface area contributed by atoms with E-state index in [0.29, 0.717) is 42.8 Å². The molecule has 0 saturated carbocycles. The van der Waals surface area contributed by atoms with Gasteiger partial charge in [0.05, 0.1) is 5.56 Å². The Labute approximate surface area is 172 Å². The van der Waals surface area contributed by atoms with Crippen molar-refractivity contribution in [1.82, 2.24) is 9.88 Å². The molecule has 1 aliphatic rings. The summed E-state index contributed by atoms with van der Waals surface area (Å²) in [7, 11) is 0. The van der Waals surface area contributed by atoms with E-state index < -0.39 is 17.3 Å². The number of pyridine rings is 1. The molecule has 1 aromatic carbocycles. The fourth-order valence-electron chi connectivity index (χ4n) is 3.10. The minimum Gasteiger partial charge on any atom is -0.478 e. The third-order valence-electron chi connectivity index (χ3n) is 4.67. The average molecular weight is 428 g/mol. The summed E-state index contributed by atoms with van der Waals surface area (Å²) < 4.78 is 43.9. The molecule has 0 spiro atoms. The van der Waals surface area contributed by atoms with Crippen LogP contribution in [0.15, 0.2) is 42.6 Å². The number of ether oxygens (including phenoxy) is 1. The Hall–Kier alpha value is -2.48. The second-order valence-electron chi connectivity index (χ2n) is 7.25. The van der Waals surface area contributed by atoms with E-state index in [-0.39, 0.29) is 5.91 Å². The molecule has 2 heterocycles. The van der Waals surface area contributed by atoms with Crippen LogP contribution in [0.2, 0.25) is 5.02 Å². The SMILES string of the molecule is CC(C)(Oc1ccc(Cl)cc1)C(=O)N1CCN(c2ccc(C(F)(F)F)cn2)CC1. The van der Waals surface area contributed by atoms with Crippen molar-refractivity contribution < 1.29 is 22.7 Å². The maximum atomic E-state index is 12.9. The molecule has 1 aromatic heterocycles. The first-order valence-electron chi connectivity index (χ1n) is 9.08. The number of carbonyl (C=O) groups is 1. The summed E-state index contributed by atoms with van der Waals surface area (Å²) >= 11 is 5.87.